The maximum atomic E-state index is 13.2. The molecule has 0 fully saturated rings. The van der Waals surface area contributed by atoms with Crippen LogP contribution in [0.4, 0.5) is 10.5 Å². The number of aromatic nitrogens is 2. The highest BCUT2D eigenvalue weighted by Gasteiger charge is 2.26. The van der Waals surface area contributed by atoms with E-state index in [2.05, 4.69) is 5.32 Å². The molecule has 1 unspecified atom stereocenters. The molecule has 1 atom stereocenters. The summed E-state index contributed by atoms with van der Waals surface area (Å²) in [6, 6.07) is 11.5. The van der Waals surface area contributed by atoms with Crippen molar-refractivity contribution >= 4 is 45.8 Å². The Labute approximate surface area is 191 Å². The van der Waals surface area contributed by atoms with Gasteiger partial charge in [-0.2, -0.15) is 0 Å². The number of benzene rings is 2. The lowest BCUT2D eigenvalue weighted by atomic mass is 10.2. The van der Waals surface area contributed by atoms with Gasteiger partial charge in [0.25, 0.3) is 5.56 Å². The molecule has 2 aromatic carbocycles. The number of nitrogens with one attached hydrogen (secondary N) is 1. The summed E-state index contributed by atoms with van der Waals surface area (Å²) in [6.07, 6.45) is 1.53. The highest BCUT2D eigenvalue weighted by atomic mass is 35.5. The highest BCUT2D eigenvalue weighted by molar-refractivity contribution is 6.36. The normalized spacial score (nSPS) is 12.0. The third-order valence-corrected chi connectivity index (χ3v) is 5.63. The summed E-state index contributed by atoms with van der Waals surface area (Å²) >= 11 is 12.2. The summed E-state index contributed by atoms with van der Waals surface area (Å²) in [5, 5.41) is 4.28. The van der Waals surface area contributed by atoms with Crippen LogP contribution in [0, 0.1) is 0 Å². The number of nitrogens with zero attached hydrogens (tertiary/aromatic N) is 3. The Morgan fingerprint density at radius 3 is 2.58 bits per heavy atom. The van der Waals surface area contributed by atoms with Crippen molar-refractivity contribution in [1.82, 2.24) is 14.5 Å². The van der Waals surface area contributed by atoms with Crippen molar-refractivity contribution in [1.29, 1.82) is 0 Å². The fourth-order valence-corrected chi connectivity index (χ4v) is 4.03. The molecular weight excluding hydrogens is 435 g/mol. The maximum absolute atomic E-state index is 13.2. The van der Waals surface area contributed by atoms with Gasteiger partial charge in [-0.25, -0.2) is 9.78 Å². The van der Waals surface area contributed by atoms with E-state index in [1.54, 1.807) is 33.7 Å². The molecule has 0 spiro atoms. The monoisotopic (exact) mass is 460 g/mol. The molecule has 2 amide bonds. The molecule has 1 heterocycles. The smallest absolute Gasteiger partial charge is 0.315 e. The van der Waals surface area contributed by atoms with E-state index in [4.69, 9.17) is 28.2 Å². The first-order valence-corrected chi connectivity index (χ1v) is 11.1. The first kappa shape index (κ1) is 23.1. The molecule has 6 nitrogen and oxygen atoms in total. The second-order valence-electron chi connectivity index (χ2n) is 7.37. The van der Waals surface area contributed by atoms with E-state index in [0.717, 1.165) is 12.8 Å². The van der Waals surface area contributed by atoms with Crippen molar-refractivity contribution < 1.29 is 4.79 Å². The minimum Gasteiger partial charge on any atom is -0.315 e. The second kappa shape index (κ2) is 10.2. The van der Waals surface area contributed by atoms with Crippen LogP contribution in [0.2, 0.25) is 10.0 Å². The van der Waals surface area contributed by atoms with Crippen molar-refractivity contribution in [3.63, 3.8) is 0 Å². The van der Waals surface area contributed by atoms with Crippen molar-refractivity contribution in [2.24, 2.45) is 0 Å². The molecular formula is C23H26Cl2N4O2. The molecule has 0 aliphatic rings. The fraction of sp³-hybridized carbons (Fsp3) is 0.348. The Morgan fingerprint density at radius 2 is 1.90 bits per heavy atom. The average Bonchev–Trinajstić information content (AvgIpc) is 2.75. The molecule has 0 saturated heterocycles. The van der Waals surface area contributed by atoms with E-state index in [1.165, 1.54) is 0 Å². The van der Waals surface area contributed by atoms with Crippen LogP contribution in [0.3, 0.4) is 0 Å². The number of carbonyl (C=O) groups is 1. The van der Waals surface area contributed by atoms with Gasteiger partial charge >= 0.3 is 6.03 Å². The minimum absolute atomic E-state index is 0.0908. The molecule has 31 heavy (non-hydrogen) atoms. The number of para-hydroxylation sites is 1. The molecule has 3 aromatic rings. The van der Waals surface area contributed by atoms with Crippen LogP contribution >= 0.6 is 23.2 Å². The van der Waals surface area contributed by atoms with Crippen LogP contribution < -0.4 is 10.9 Å². The number of carbonyl (C=O) groups excluding carboxylic acids is 1. The fourth-order valence-electron chi connectivity index (χ4n) is 3.57. The van der Waals surface area contributed by atoms with E-state index in [0.29, 0.717) is 45.5 Å². The molecule has 8 heteroatoms. The van der Waals surface area contributed by atoms with Crippen LogP contribution in [-0.4, -0.2) is 27.0 Å². The zero-order valence-corrected chi connectivity index (χ0v) is 19.4. The average molecular weight is 461 g/mol. The van der Waals surface area contributed by atoms with Gasteiger partial charge in [0, 0.05) is 18.1 Å². The molecule has 0 aliphatic heterocycles. The third-order valence-electron chi connectivity index (χ3n) is 5.08. The van der Waals surface area contributed by atoms with Gasteiger partial charge in [0.2, 0.25) is 0 Å². The summed E-state index contributed by atoms with van der Waals surface area (Å²) in [4.78, 5) is 32.8. The number of fused-ring (bicyclic) bond motifs is 1. The predicted octanol–water partition coefficient (Wildman–Crippen LogP) is 6.12. The Hall–Kier alpha value is -2.57. The molecule has 0 aliphatic carbocycles. The number of amides is 2. The number of hydrogen-bond donors (Lipinski definition) is 1. The Morgan fingerprint density at radius 1 is 1.16 bits per heavy atom. The van der Waals surface area contributed by atoms with Gasteiger partial charge in [-0.3, -0.25) is 9.36 Å². The summed E-state index contributed by atoms with van der Waals surface area (Å²) < 4.78 is 1.68. The highest BCUT2D eigenvalue weighted by Crippen LogP contribution is 2.27. The number of rotatable bonds is 7. The van der Waals surface area contributed by atoms with E-state index in [-0.39, 0.29) is 11.6 Å². The van der Waals surface area contributed by atoms with Crippen LogP contribution in [0.25, 0.3) is 10.9 Å². The van der Waals surface area contributed by atoms with Gasteiger partial charge in [0.1, 0.15) is 5.82 Å². The lowest BCUT2D eigenvalue weighted by Gasteiger charge is -2.30. The van der Waals surface area contributed by atoms with Crippen molar-refractivity contribution in [2.45, 2.75) is 46.2 Å². The van der Waals surface area contributed by atoms with Crippen molar-refractivity contribution in [3.05, 3.63) is 68.7 Å². The van der Waals surface area contributed by atoms with Crippen molar-refractivity contribution in [3.8, 4) is 0 Å². The van der Waals surface area contributed by atoms with E-state index < -0.39 is 6.04 Å². The van der Waals surface area contributed by atoms with Gasteiger partial charge in [-0.15, -0.1) is 0 Å². The van der Waals surface area contributed by atoms with Gasteiger partial charge in [0.05, 0.1) is 27.7 Å². The number of urea groups is 1. The predicted molar refractivity (Wildman–Crippen MR) is 127 cm³/mol. The maximum Gasteiger partial charge on any atom is 0.322 e. The zero-order valence-electron chi connectivity index (χ0n) is 17.9. The van der Waals surface area contributed by atoms with Gasteiger partial charge in [0.15, 0.2) is 0 Å². The van der Waals surface area contributed by atoms with Crippen LogP contribution in [-0.2, 0) is 6.54 Å². The summed E-state index contributed by atoms with van der Waals surface area (Å²) in [5.74, 6) is 0.566. The van der Waals surface area contributed by atoms with Gasteiger partial charge in [-0.1, -0.05) is 49.2 Å². The topological polar surface area (TPSA) is 67.2 Å². The summed E-state index contributed by atoms with van der Waals surface area (Å²) in [6.45, 7) is 6.92. The lowest BCUT2D eigenvalue weighted by Crippen LogP contribution is -2.40. The zero-order chi connectivity index (χ0) is 22.5. The number of halogens is 2. The number of anilines is 1. The Kier molecular flexibility index (Phi) is 7.57. The molecule has 1 aromatic heterocycles. The largest absolute Gasteiger partial charge is 0.322 e. The minimum atomic E-state index is -0.421. The molecule has 164 valence electrons. The molecule has 0 bridgehead atoms. The van der Waals surface area contributed by atoms with Crippen LogP contribution in [0.1, 0.15) is 45.5 Å². The Bertz CT molecular complexity index is 1150. The molecule has 1 N–H and O–H groups in total. The van der Waals surface area contributed by atoms with Crippen LogP contribution in [0.5, 0.6) is 0 Å². The first-order valence-electron chi connectivity index (χ1n) is 10.4. The van der Waals surface area contributed by atoms with E-state index in [1.807, 2.05) is 39.0 Å². The second-order valence-corrected chi connectivity index (χ2v) is 8.21. The summed E-state index contributed by atoms with van der Waals surface area (Å²) in [5.41, 5.74) is 1.01. The van der Waals surface area contributed by atoms with Gasteiger partial charge in [-0.05, 0) is 50.1 Å². The molecule has 0 saturated carbocycles. The van der Waals surface area contributed by atoms with Crippen LogP contribution in [0.15, 0.2) is 47.3 Å². The quantitative estimate of drug-likeness (QED) is 0.461. The first-order chi connectivity index (χ1) is 14.9. The number of hydrogen-bond acceptors (Lipinski definition) is 3. The van der Waals surface area contributed by atoms with E-state index >= 15 is 0 Å². The molecule has 3 rings (SSSR count). The Balaban J connectivity index is 2.01. The van der Waals surface area contributed by atoms with Gasteiger partial charge < -0.3 is 10.2 Å². The standard InChI is InChI=1S/C23H26Cl2N4O2/c1-4-12-28(23(31)27-20-11-10-16(24)14-18(20)25)15(3)21-26-19-9-7-6-8-17(19)22(30)29(21)13-5-2/h6-11,14-15H,4-5,12-13H2,1-3H3,(H,27,31). The third kappa shape index (κ3) is 5.02. The SMILES string of the molecule is CCCN(C(=O)Nc1ccc(Cl)cc1Cl)C(C)c1nc2ccccc2c(=O)n1CCC. The van der Waals surface area contributed by atoms with E-state index in [9.17, 15) is 9.59 Å². The summed E-state index contributed by atoms with van der Waals surface area (Å²) in [7, 11) is 0. The lowest BCUT2D eigenvalue weighted by molar-refractivity contribution is 0.188. The van der Waals surface area contributed by atoms with Crippen molar-refractivity contribution in [2.75, 3.05) is 11.9 Å². The molecule has 0 radical (unpaired) electrons.